The quantitative estimate of drug-likeness (QED) is 0.562. The summed E-state index contributed by atoms with van der Waals surface area (Å²) in [5, 5.41) is 11.7. The average molecular weight is 140 g/mol. The van der Waals surface area contributed by atoms with Gasteiger partial charge < -0.3 is 15.4 Å². The van der Waals surface area contributed by atoms with Crippen LogP contribution in [-0.4, -0.2) is 17.1 Å². The summed E-state index contributed by atoms with van der Waals surface area (Å²) in [7, 11) is 1.89. The van der Waals surface area contributed by atoms with Gasteiger partial charge in [0.15, 0.2) is 0 Å². The molecule has 0 spiro atoms. The summed E-state index contributed by atoms with van der Waals surface area (Å²) in [6.45, 7) is 0.931. The molecule has 1 aromatic heterocycles. The van der Waals surface area contributed by atoms with Gasteiger partial charge in [-0.2, -0.15) is 0 Å². The summed E-state index contributed by atoms with van der Waals surface area (Å²) >= 11 is 0. The zero-order chi connectivity index (χ0) is 7.40. The SMILES string of the molecule is CNCc1cc(CO)c[nH]1. The second-order valence-electron chi connectivity index (χ2n) is 2.22. The number of H-pyrrole nitrogens is 1. The minimum Gasteiger partial charge on any atom is -0.392 e. The Balaban J connectivity index is 2.59. The highest BCUT2D eigenvalue weighted by Crippen LogP contribution is 2.01. The Morgan fingerprint density at radius 3 is 3.00 bits per heavy atom. The van der Waals surface area contributed by atoms with E-state index in [9.17, 15) is 0 Å². The molecule has 0 bridgehead atoms. The fourth-order valence-electron chi connectivity index (χ4n) is 0.876. The fourth-order valence-corrected chi connectivity index (χ4v) is 0.876. The van der Waals surface area contributed by atoms with Crippen molar-refractivity contribution in [3.63, 3.8) is 0 Å². The van der Waals surface area contributed by atoms with E-state index in [1.54, 1.807) is 0 Å². The highest BCUT2D eigenvalue weighted by molar-refractivity contribution is 5.15. The van der Waals surface area contributed by atoms with E-state index in [-0.39, 0.29) is 6.61 Å². The molecule has 0 unspecified atom stereocenters. The minimum absolute atomic E-state index is 0.111. The molecule has 10 heavy (non-hydrogen) atoms. The first-order valence-electron chi connectivity index (χ1n) is 3.28. The maximum atomic E-state index is 8.68. The second-order valence-corrected chi connectivity index (χ2v) is 2.22. The van der Waals surface area contributed by atoms with Crippen LogP contribution in [-0.2, 0) is 13.2 Å². The molecule has 0 radical (unpaired) electrons. The molecular weight excluding hydrogens is 128 g/mol. The Hall–Kier alpha value is -0.800. The first-order chi connectivity index (χ1) is 4.86. The standard InChI is InChI=1S/C7H12N2O/c1-8-4-7-2-6(5-10)3-9-7/h2-3,8-10H,4-5H2,1H3. The number of aliphatic hydroxyl groups excluding tert-OH is 1. The topological polar surface area (TPSA) is 48.0 Å². The van der Waals surface area contributed by atoms with Crippen molar-refractivity contribution < 1.29 is 5.11 Å². The lowest BCUT2D eigenvalue weighted by atomic mass is 10.3. The van der Waals surface area contributed by atoms with Crippen molar-refractivity contribution in [1.29, 1.82) is 0 Å². The Morgan fingerprint density at radius 2 is 2.50 bits per heavy atom. The summed E-state index contributed by atoms with van der Waals surface area (Å²) in [4.78, 5) is 3.04. The molecule has 0 aliphatic carbocycles. The maximum Gasteiger partial charge on any atom is 0.0696 e. The molecule has 0 fully saturated rings. The molecule has 0 aromatic carbocycles. The van der Waals surface area contributed by atoms with Crippen LogP contribution in [0.3, 0.4) is 0 Å². The van der Waals surface area contributed by atoms with Crippen LogP contribution in [0.15, 0.2) is 12.3 Å². The largest absolute Gasteiger partial charge is 0.392 e. The molecule has 0 saturated heterocycles. The van der Waals surface area contributed by atoms with Gasteiger partial charge in [0, 0.05) is 18.4 Å². The van der Waals surface area contributed by atoms with Crippen molar-refractivity contribution in [1.82, 2.24) is 10.3 Å². The summed E-state index contributed by atoms with van der Waals surface area (Å²) in [5.74, 6) is 0. The van der Waals surface area contributed by atoms with Crippen LogP contribution < -0.4 is 5.32 Å². The summed E-state index contributed by atoms with van der Waals surface area (Å²) < 4.78 is 0. The maximum absolute atomic E-state index is 8.68. The van der Waals surface area contributed by atoms with Crippen LogP contribution in [0.2, 0.25) is 0 Å². The number of aliphatic hydroxyl groups is 1. The first-order valence-corrected chi connectivity index (χ1v) is 3.28. The summed E-state index contributed by atoms with van der Waals surface area (Å²) in [5.41, 5.74) is 2.04. The smallest absolute Gasteiger partial charge is 0.0696 e. The molecule has 56 valence electrons. The van der Waals surface area contributed by atoms with Gasteiger partial charge in [-0.05, 0) is 18.7 Å². The van der Waals surface area contributed by atoms with Gasteiger partial charge in [0.25, 0.3) is 0 Å². The predicted octanol–water partition coefficient (Wildman–Crippen LogP) is 0.226. The number of hydrogen-bond donors (Lipinski definition) is 3. The third kappa shape index (κ3) is 1.59. The van der Waals surface area contributed by atoms with E-state index in [0.717, 1.165) is 17.8 Å². The molecule has 3 heteroatoms. The fraction of sp³-hybridized carbons (Fsp3) is 0.429. The summed E-state index contributed by atoms with van der Waals surface area (Å²) in [6, 6.07) is 1.94. The molecule has 0 aliphatic rings. The van der Waals surface area contributed by atoms with Crippen molar-refractivity contribution in [2.45, 2.75) is 13.2 Å². The van der Waals surface area contributed by atoms with Crippen LogP contribution >= 0.6 is 0 Å². The van der Waals surface area contributed by atoms with Crippen molar-refractivity contribution in [2.24, 2.45) is 0 Å². The van der Waals surface area contributed by atoms with Crippen molar-refractivity contribution in [3.8, 4) is 0 Å². The lowest BCUT2D eigenvalue weighted by molar-refractivity contribution is 0.282. The van der Waals surface area contributed by atoms with E-state index in [1.807, 2.05) is 19.3 Å². The number of hydrogen-bond acceptors (Lipinski definition) is 2. The Morgan fingerprint density at radius 1 is 1.70 bits per heavy atom. The molecule has 1 rings (SSSR count). The first kappa shape index (κ1) is 7.31. The number of rotatable bonds is 3. The monoisotopic (exact) mass is 140 g/mol. The number of nitrogens with one attached hydrogen (secondary N) is 2. The van der Waals surface area contributed by atoms with Gasteiger partial charge in [-0.1, -0.05) is 0 Å². The predicted molar refractivity (Wildman–Crippen MR) is 39.5 cm³/mol. The molecule has 1 heterocycles. The van der Waals surface area contributed by atoms with Crippen molar-refractivity contribution >= 4 is 0 Å². The lowest BCUT2D eigenvalue weighted by Crippen LogP contribution is -2.04. The van der Waals surface area contributed by atoms with E-state index in [1.165, 1.54) is 0 Å². The van der Waals surface area contributed by atoms with Gasteiger partial charge in [-0.15, -0.1) is 0 Å². The molecule has 3 N–H and O–H groups in total. The van der Waals surface area contributed by atoms with E-state index >= 15 is 0 Å². The second kappa shape index (κ2) is 3.39. The van der Waals surface area contributed by atoms with E-state index in [4.69, 9.17) is 5.11 Å². The van der Waals surface area contributed by atoms with Crippen LogP contribution in [0.25, 0.3) is 0 Å². The molecule has 3 nitrogen and oxygen atoms in total. The highest BCUT2D eigenvalue weighted by Gasteiger charge is 1.94. The van der Waals surface area contributed by atoms with Crippen LogP contribution in [0, 0.1) is 0 Å². The van der Waals surface area contributed by atoms with Gasteiger partial charge in [0.2, 0.25) is 0 Å². The average Bonchev–Trinajstić information content (AvgIpc) is 2.37. The minimum atomic E-state index is 0.111. The number of aromatic nitrogens is 1. The van der Waals surface area contributed by atoms with Gasteiger partial charge in [-0.25, -0.2) is 0 Å². The zero-order valence-electron chi connectivity index (χ0n) is 6.02. The Kier molecular flexibility index (Phi) is 2.48. The molecule has 0 saturated carbocycles. The summed E-state index contributed by atoms with van der Waals surface area (Å²) in [6.07, 6.45) is 1.81. The van der Waals surface area contributed by atoms with Gasteiger partial charge in [0.05, 0.1) is 6.61 Å². The Bertz CT molecular complexity index is 195. The molecular formula is C7H12N2O. The third-order valence-electron chi connectivity index (χ3n) is 1.35. The van der Waals surface area contributed by atoms with E-state index in [2.05, 4.69) is 10.3 Å². The van der Waals surface area contributed by atoms with Gasteiger partial charge in [0.1, 0.15) is 0 Å². The molecule has 0 amide bonds. The molecule has 0 aliphatic heterocycles. The molecule has 1 aromatic rings. The normalized spacial score (nSPS) is 10.2. The Labute approximate surface area is 60.1 Å². The third-order valence-corrected chi connectivity index (χ3v) is 1.35. The number of aromatic amines is 1. The van der Waals surface area contributed by atoms with Gasteiger partial charge >= 0.3 is 0 Å². The van der Waals surface area contributed by atoms with Crippen molar-refractivity contribution in [2.75, 3.05) is 7.05 Å². The molecule has 0 atom stereocenters. The van der Waals surface area contributed by atoms with Gasteiger partial charge in [-0.3, -0.25) is 0 Å². The van der Waals surface area contributed by atoms with E-state index in [0.29, 0.717) is 0 Å². The van der Waals surface area contributed by atoms with Crippen molar-refractivity contribution in [3.05, 3.63) is 23.5 Å². The lowest BCUT2D eigenvalue weighted by Gasteiger charge is -1.91. The zero-order valence-corrected chi connectivity index (χ0v) is 6.02. The van der Waals surface area contributed by atoms with Crippen LogP contribution in [0.1, 0.15) is 11.3 Å². The van der Waals surface area contributed by atoms with Crippen LogP contribution in [0.4, 0.5) is 0 Å². The highest BCUT2D eigenvalue weighted by atomic mass is 16.3. The van der Waals surface area contributed by atoms with E-state index < -0.39 is 0 Å². The van der Waals surface area contributed by atoms with Crippen LogP contribution in [0.5, 0.6) is 0 Å².